The van der Waals surface area contributed by atoms with E-state index >= 15 is 0 Å². The van der Waals surface area contributed by atoms with Crippen LogP contribution < -0.4 is 16.0 Å². The number of benzene rings is 1. The molecule has 132 valence electrons. The fourth-order valence-electron chi connectivity index (χ4n) is 2.31. The molecule has 0 aliphatic heterocycles. The first-order chi connectivity index (χ1) is 12.5. The highest BCUT2D eigenvalue weighted by atomic mass is 32.1. The number of hydrogen-bond acceptors (Lipinski definition) is 6. The number of carbonyl (C=O) groups is 1. The van der Waals surface area contributed by atoms with Crippen LogP contribution in [0.25, 0.3) is 11.2 Å². The van der Waals surface area contributed by atoms with Crippen LogP contribution in [0.4, 0.5) is 17.3 Å². The lowest BCUT2D eigenvalue weighted by molar-refractivity contribution is 0.101. The van der Waals surface area contributed by atoms with Crippen molar-refractivity contribution in [2.75, 3.05) is 17.2 Å². The molecular weight excluding hydrogens is 348 g/mol. The molecule has 0 saturated heterocycles. The third-order valence-corrected chi connectivity index (χ3v) is 3.77. The smallest absolute Gasteiger partial charge is 0.182 e. The zero-order valence-corrected chi connectivity index (χ0v) is 15.2. The number of aromatic nitrogens is 3. The van der Waals surface area contributed by atoms with E-state index in [0.717, 1.165) is 12.2 Å². The topological polar surface area (TPSA) is 91.8 Å². The van der Waals surface area contributed by atoms with Gasteiger partial charge < -0.3 is 16.0 Å². The number of hydrogen-bond donors (Lipinski definition) is 3. The van der Waals surface area contributed by atoms with Crippen LogP contribution in [0.1, 0.15) is 24.2 Å². The molecule has 0 amide bonds. The Morgan fingerprint density at radius 3 is 2.73 bits per heavy atom. The molecule has 0 bridgehead atoms. The summed E-state index contributed by atoms with van der Waals surface area (Å²) in [5, 5.41) is 9.66. The van der Waals surface area contributed by atoms with Gasteiger partial charge in [-0.25, -0.2) is 15.0 Å². The summed E-state index contributed by atoms with van der Waals surface area (Å²) >= 11 is 5.17. The molecule has 0 spiro atoms. The van der Waals surface area contributed by atoms with Gasteiger partial charge >= 0.3 is 0 Å². The molecule has 1 aromatic carbocycles. The van der Waals surface area contributed by atoms with E-state index in [1.807, 2.05) is 25.1 Å². The van der Waals surface area contributed by atoms with Crippen LogP contribution >= 0.6 is 12.2 Å². The average Bonchev–Trinajstić information content (AvgIpc) is 2.62. The van der Waals surface area contributed by atoms with Crippen LogP contribution in [0, 0.1) is 0 Å². The summed E-state index contributed by atoms with van der Waals surface area (Å²) in [5.74, 6) is 1.14. The van der Waals surface area contributed by atoms with Gasteiger partial charge in [-0.3, -0.25) is 4.79 Å². The van der Waals surface area contributed by atoms with Gasteiger partial charge in [0.15, 0.2) is 22.4 Å². The molecule has 3 rings (SSSR count). The van der Waals surface area contributed by atoms with Crippen molar-refractivity contribution in [3.05, 3.63) is 48.2 Å². The van der Waals surface area contributed by atoms with Gasteiger partial charge in [0.05, 0.1) is 6.20 Å². The average molecular weight is 366 g/mol. The molecule has 0 unspecified atom stereocenters. The van der Waals surface area contributed by atoms with Crippen molar-refractivity contribution in [2.24, 2.45) is 0 Å². The fraction of sp³-hybridized carbons (Fsp3) is 0.167. The van der Waals surface area contributed by atoms with Crippen molar-refractivity contribution >= 4 is 51.6 Å². The van der Waals surface area contributed by atoms with Crippen molar-refractivity contribution < 1.29 is 4.79 Å². The molecule has 0 radical (unpaired) electrons. The number of anilines is 3. The number of pyridine rings is 1. The predicted octanol–water partition coefficient (Wildman–Crippen LogP) is 3.28. The zero-order chi connectivity index (χ0) is 18.5. The van der Waals surface area contributed by atoms with Gasteiger partial charge in [0.25, 0.3) is 0 Å². The van der Waals surface area contributed by atoms with E-state index in [1.54, 1.807) is 24.4 Å². The molecule has 0 atom stereocenters. The van der Waals surface area contributed by atoms with E-state index in [1.165, 1.54) is 6.92 Å². The Kier molecular flexibility index (Phi) is 5.33. The van der Waals surface area contributed by atoms with E-state index in [4.69, 9.17) is 12.2 Å². The second kappa shape index (κ2) is 7.83. The molecule has 0 saturated carbocycles. The summed E-state index contributed by atoms with van der Waals surface area (Å²) in [5.41, 5.74) is 2.55. The minimum absolute atomic E-state index is 0.00675. The number of carbonyl (C=O) groups excluding carboxylic acids is 1. The quantitative estimate of drug-likeness (QED) is 0.468. The molecule has 0 fully saturated rings. The van der Waals surface area contributed by atoms with Crippen molar-refractivity contribution in [3.8, 4) is 0 Å². The molecule has 2 aromatic heterocycles. The maximum atomic E-state index is 11.5. The first-order valence-corrected chi connectivity index (χ1v) is 8.52. The molecule has 8 heteroatoms. The molecule has 2 heterocycles. The molecular formula is C18H18N6OS. The third-order valence-electron chi connectivity index (χ3n) is 3.53. The van der Waals surface area contributed by atoms with Crippen LogP contribution in [0.2, 0.25) is 0 Å². The van der Waals surface area contributed by atoms with Gasteiger partial charge in [-0.05, 0) is 50.3 Å². The maximum absolute atomic E-state index is 11.5. The van der Waals surface area contributed by atoms with Crippen molar-refractivity contribution in [1.82, 2.24) is 20.3 Å². The standard InChI is InChI=1S/C18H18N6OS/c1-3-19-18(26)24-15-8-7-14-17(22-15)23-16(10-20-14)21-13-6-4-5-12(9-13)11(2)25/h4-10H,3H2,1-2H3,(H3,19,21,22,23,24,26). The first-order valence-electron chi connectivity index (χ1n) is 8.12. The van der Waals surface area contributed by atoms with Crippen LogP contribution in [-0.4, -0.2) is 32.4 Å². The van der Waals surface area contributed by atoms with Gasteiger partial charge in [0.2, 0.25) is 0 Å². The molecule has 7 nitrogen and oxygen atoms in total. The number of fused-ring (bicyclic) bond motifs is 1. The third kappa shape index (κ3) is 4.28. The SMILES string of the molecule is CCNC(=S)Nc1ccc2ncc(Nc3cccc(C(C)=O)c3)nc2n1. The fourth-order valence-corrected chi connectivity index (χ4v) is 2.56. The molecule has 26 heavy (non-hydrogen) atoms. The van der Waals surface area contributed by atoms with Crippen LogP contribution in [0.3, 0.4) is 0 Å². The minimum Gasteiger partial charge on any atom is -0.363 e. The van der Waals surface area contributed by atoms with Crippen LogP contribution in [0.5, 0.6) is 0 Å². The predicted molar refractivity (Wildman–Crippen MR) is 107 cm³/mol. The minimum atomic E-state index is 0.00675. The molecule has 3 N–H and O–H groups in total. The highest BCUT2D eigenvalue weighted by molar-refractivity contribution is 7.80. The van der Waals surface area contributed by atoms with E-state index in [0.29, 0.717) is 33.5 Å². The van der Waals surface area contributed by atoms with Gasteiger partial charge in [-0.1, -0.05) is 12.1 Å². The monoisotopic (exact) mass is 366 g/mol. The van der Waals surface area contributed by atoms with Crippen molar-refractivity contribution in [2.45, 2.75) is 13.8 Å². The Morgan fingerprint density at radius 2 is 1.96 bits per heavy atom. The van der Waals surface area contributed by atoms with Gasteiger partial charge in [0, 0.05) is 17.8 Å². The lowest BCUT2D eigenvalue weighted by Crippen LogP contribution is -2.28. The summed E-state index contributed by atoms with van der Waals surface area (Å²) in [6.07, 6.45) is 1.63. The second-order valence-electron chi connectivity index (χ2n) is 5.54. The number of thiocarbonyl (C=S) groups is 1. The largest absolute Gasteiger partial charge is 0.363 e. The summed E-state index contributed by atoms with van der Waals surface area (Å²) in [6.45, 7) is 4.23. The van der Waals surface area contributed by atoms with Crippen molar-refractivity contribution in [1.29, 1.82) is 0 Å². The number of rotatable bonds is 5. The van der Waals surface area contributed by atoms with E-state index < -0.39 is 0 Å². The van der Waals surface area contributed by atoms with E-state index in [2.05, 4.69) is 30.9 Å². The Labute approximate surface area is 156 Å². The summed E-state index contributed by atoms with van der Waals surface area (Å²) in [7, 11) is 0. The molecule has 0 aliphatic carbocycles. The normalized spacial score (nSPS) is 10.4. The van der Waals surface area contributed by atoms with Crippen molar-refractivity contribution in [3.63, 3.8) is 0 Å². The van der Waals surface area contributed by atoms with E-state index in [-0.39, 0.29) is 5.78 Å². The highest BCUT2D eigenvalue weighted by Crippen LogP contribution is 2.18. The highest BCUT2D eigenvalue weighted by Gasteiger charge is 2.06. The zero-order valence-electron chi connectivity index (χ0n) is 14.4. The Hall–Kier alpha value is -3.13. The Balaban J connectivity index is 1.84. The summed E-state index contributed by atoms with van der Waals surface area (Å²) < 4.78 is 0. The summed E-state index contributed by atoms with van der Waals surface area (Å²) in [4.78, 5) is 24.8. The lowest BCUT2D eigenvalue weighted by Gasteiger charge is -2.09. The Morgan fingerprint density at radius 1 is 1.15 bits per heavy atom. The summed E-state index contributed by atoms with van der Waals surface area (Å²) in [6, 6.07) is 10.8. The number of ketones is 1. The molecule has 3 aromatic rings. The van der Waals surface area contributed by atoms with E-state index in [9.17, 15) is 4.79 Å². The first kappa shape index (κ1) is 17.7. The lowest BCUT2D eigenvalue weighted by atomic mass is 10.1. The number of nitrogens with zero attached hydrogens (tertiary/aromatic N) is 3. The van der Waals surface area contributed by atoms with Crippen LogP contribution in [-0.2, 0) is 0 Å². The number of Topliss-reactive ketones (excluding diaryl/α,β-unsaturated/α-hetero) is 1. The van der Waals surface area contributed by atoms with Gasteiger partial charge in [-0.15, -0.1) is 0 Å². The van der Waals surface area contributed by atoms with Gasteiger partial charge in [-0.2, -0.15) is 0 Å². The molecule has 0 aliphatic rings. The van der Waals surface area contributed by atoms with Gasteiger partial charge in [0.1, 0.15) is 11.3 Å². The number of nitrogens with one attached hydrogen (secondary N) is 3. The Bertz CT molecular complexity index is 975. The maximum Gasteiger partial charge on any atom is 0.182 e. The second-order valence-corrected chi connectivity index (χ2v) is 5.95. The van der Waals surface area contributed by atoms with Crippen LogP contribution in [0.15, 0.2) is 42.6 Å².